The van der Waals surface area contributed by atoms with Gasteiger partial charge < -0.3 is 11.1 Å². The minimum Gasteiger partial charge on any atom is -0.366 e. The molecule has 2 amide bonds. The Labute approximate surface area is 224 Å². The fraction of sp³-hybridized carbons (Fsp3) is 0.391. The van der Waals surface area contributed by atoms with Crippen LogP contribution in [0.1, 0.15) is 51.3 Å². The van der Waals surface area contributed by atoms with Crippen LogP contribution in [0, 0.1) is 10.5 Å². The van der Waals surface area contributed by atoms with Gasteiger partial charge in [0.25, 0.3) is 5.91 Å². The molecule has 0 aromatic heterocycles. The number of benzene rings is 2. The molecule has 5 nitrogen and oxygen atoms in total. The number of nitrogens with one attached hydrogen (secondary N) is 1. The van der Waals surface area contributed by atoms with E-state index >= 15 is 0 Å². The van der Waals surface area contributed by atoms with Gasteiger partial charge in [0.05, 0.1) is 11.1 Å². The Balaban J connectivity index is 2.59. The van der Waals surface area contributed by atoms with Gasteiger partial charge in [-0.2, -0.15) is 26.3 Å². The summed E-state index contributed by atoms with van der Waals surface area (Å²) in [6, 6.07) is 4.18. The molecule has 0 spiro atoms. The smallest absolute Gasteiger partial charge is 0.366 e. The Bertz CT molecular complexity index is 1250. The maximum Gasteiger partial charge on any atom is 0.435 e. The number of nitrogens with two attached hydrogens (primary N) is 1. The highest BCUT2D eigenvalue weighted by Crippen LogP contribution is 2.53. The molecule has 2 aromatic carbocycles. The number of rotatable bonds is 7. The zero-order chi connectivity index (χ0) is 28.7. The molecule has 14 heteroatoms. The molecular weight excluding hydrogens is 644 g/mol. The van der Waals surface area contributed by atoms with E-state index in [4.69, 9.17) is 5.73 Å². The number of carbonyl (C=O) groups excluding carboxylic acids is 2. The Morgan fingerprint density at radius 2 is 1.54 bits per heavy atom. The molecule has 0 bridgehead atoms. The van der Waals surface area contributed by atoms with Gasteiger partial charge in [-0.05, 0) is 52.8 Å². The van der Waals surface area contributed by atoms with Gasteiger partial charge in [-0.15, -0.1) is 0 Å². The van der Waals surface area contributed by atoms with E-state index in [0.717, 1.165) is 6.92 Å². The molecule has 2 aromatic rings. The summed E-state index contributed by atoms with van der Waals surface area (Å²) >= 11 is 1.80. The Morgan fingerprint density at radius 3 is 1.97 bits per heavy atom. The van der Waals surface area contributed by atoms with Crippen LogP contribution in [0.25, 0.3) is 0 Å². The van der Waals surface area contributed by atoms with E-state index in [2.05, 4.69) is 5.32 Å². The maximum atomic E-state index is 14.4. The predicted molar refractivity (Wildman–Crippen MR) is 134 cm³/mol. The zero-order valence-electron chi connectivity index (χ0n) is 19.8. The highest BCUT2D eigenvalue weighted by molar-refractivity contribution is 14.1. The molecule has 0 fully saturated rings. The summed E-state index contributed by atoms with van der Waals surface area (Å²) < 4.78 is 105. The topological polar surface area (TPSA) is 89.3 Å². The van der Waals surface area contributed by atoms with Crippen molar-refractivity contribution in [2.24, 2.45) is 5.73 Å². The van der Waals surface area contributed by atoms with Crippen LogP contribution in [0.15, 0.2) is 30.3 Å². The van der Waals surface area contributed by atoms with E-state index in [-0.39, 0.29) is 37.8 Å². The number of aryl methyl sites for hydroxylation is 1. The monoisotopic (exact) mass is 666 g/mol. The number of hydrogen-bond acceptors (Lipinski definition) is 3. The SMILES string of the molecule is Cc1cc(C(F)(C(F)(F)F)C(F)(F)F)ccc1NC(=O)c1c(C(N)=O)ccc(C(C)(C)CS(C)=O)c1I. The largest absolute Gasteiger partial charge is 0.435 e. The summed E-state index contributed by atoms with van der Waals surface area (Å²) in [5.74, 6) is -1.68. The predicted octanol–water partition coefficient (Wildman–Crippen LogP) is 5.90. The van der Waals surface area contributed by atoms with Gasteiger partial charge in [-0.1, -0.05) is 32.0 Å². The van der Waals surface area contributed by atoms with Crippen molar-refractivity contribution in [3.63, 3.8) is 0 Å². The lowest BCUT2D eigenvalue weighted by Gasteiger charge is -2.30. The highest BCUT2D eigenvalue weighted by atomic mass is 127. The number of primary amides is 1. The van der Waals surface area contributed by atoms with Gasteiger partial charge in [-0.3, -0.25) is 13.8 Å². The van der Waals surface area contributed by atoms with Crippen molar-refractivity contribution in [2.45, 2.75) is 44.2 Å². The number of carbonyl (C=O) groups is 2. The molecule has 204 valence electrons. The number of anilines is 1. The molecule has 1 atom stereocenters. The van der Waals surface area contributed by atoms with E-state index in [1.807, 2.05) is 0 Å². The van der Waals surface area contributed by atoms with Crippen LogP contribution in [-0.2, 0) is 21.9 Å². The molecule has 3 N–H and O–H groups in total. The van der Waals surface area contributed by atoms with Crippen LogP contribution in [0.3, 0.4) is 0 Å². The Kier molecular flexibility index (Phi) is 8.79. The summed E-state index contributed by atoms with van der Waals surface area (Å²) in [6.45, 7) is 4.62. The van der Waals surface area contributed by atoms with E-state index in [0.29, 0.717) is 17.7 Å². The van der Waals surface area contributed by atoms with Crippen molar-refractivity contribution < 1.29 is 44.5 Å². The molecule has 2 rings (SSSR count). The maximum absolute atomic E-state index is 14.4. The second-order valence-corrected chi connectivity index (χ2v) is 11.5. The molecular formula is C23H22F7IN2O3S. The molecule has 0 aliphatic carbocycles. The number of hydrogen-bond donors (Lipinski definition) is 2. The first-order chi connectivity index (χ1) is 16.6. The molecule has 0 saturated heterocycles. The zero-order valence-corrected chi connectivity index (χ0v) is 22.8. The average molecular weight is 666 g/mol. The summed E-state index contributed by atoms with van der Waals surface area (Å²) in [5, 5.41) is 2.34. The third-order valence-electron chi connectivity index (χ3n) is 5.58. The molecule has 1 unspecified atom stereocenters. The van der Waals surface area contributed by atoms with Crippen LogP contribution >= 0.6 is 22.6 Å². The lowest BCUT2D eigenvalue weighted by Crippen LogP contribution is -2.50. The first-order valence-corrected chi connectivity index (χ1v) is 13.1. The average Bonchev–Trinajstić information content (AvgIpc) is 2.71. The lowest BCUT2D eigenvalue weighted by atomic mass is 9.84. The fourth-order valence-corrected chi connectivity index (χ4v) is 6.42. The van der Waals surface area contributed by atoms with Gasteiger partial charge in [-0.25, -0.2) is 4.39 Å². The Hall–Kier alpha value is -2.23. The van der Waals surface area contributed by atoms with Gasteiger partial charge in [0.2, 0.25) is 5.91 Å². The first kappa shape index (κ1) is 31.0. The van der Waals surface area contributed by atoms with Gasteiger partial charge in [0, 0.05) is 43.0 Å². The van der Waals surface area contributed by atoms with Gasteiger partial charge in [0.15, 0.2) is 0 Å². The normalized spacial score (nSPS) is 13.8. The summed E-state index contributed by atoms with van der Waals surface area (Å²) in [6.07, 6.45) is -11.1. The van der Waals surface area contributed by atoms with E-state index in [1.165, 1.54) is 12.3 Å². The standard InChI is InChI=1S/C23H22F7IN2O3S/c1-11-9-12(21(24,22(25,26)27)23(28,29)30)5-8-15(11)33-19(35)16-13(18(32)34)6-7-14(17(16)31)20(2,3)10-37(4)36/h5-9H,10H2,1-4H3,(H2,32,34)(H,33,35). The van der Waals surface area contributed by atoms with Crippen LogP contribution in [0.4, 0.5) is 36.4 Å². The highest BCUT2D eigenvalue weighted by Gasteiger charge is 2.73. The van der Waals surface area contributed by atoms with E-state index in [9.17, 15) is 44.5 Å². The summed E-state index contributed by atoms with van der Waals surface area (Å²) in [7, 11) is -1.22. The minimum atomic E-state index is -6.29. The summed E-state index contributed by atoms with van der Waals surface area (Å²) in [5.41, 5.74) is -2.96. The van der Waals surface area contributed by atoms with Crippen molar-refractivity contribution in [1.82, 2.24) is 0 Å². The molecule has 0 radical (unpaired) electrons. The van der Waals surface area contributed by atoms with Crippen LogP contribution in [0.2, 0.25) is 0 Å². The lowest BCUT2D eigenvalue weighted by molar-refractivity contribution is -0.348. The number of amides is 2. The van der Waals surface area contributed by atoms with E-state index < -0.39 is 51.6 Å². The fourth-order valence-electron chi connectivity index (χ4n) is 3.80. The minimum absolute atomic E-state index is 0.186. The molecule has 0 aliphatic heterocycles. The second-order valence-electron chi connectivity index (χ2n) is 8.95. The molecule has 0 aliphatic rings. The van der Waals surface area contributed by atoms with Crippen molar-refractivity contribution in [1.29, 1.82) is 0 Å². The van der Waals surface area contributed by atoms with Crippen molar-refractivity contribution in [3.8, 4) is 0 Å². The second kappa shape index (κ2) is 10.5. The van der Waals surface area contributed by atoms with Crippen LogP contribution in [-0.4, -0.2) is 40.4 Å². The van der Waals surface area contributed by atoms with Crippen LogP contribution < -0.4 is 11.1 Å². The van der Waals surface area contributed by atoms with Gasteiger partial charge in [0.1, 0.15) is 0 Å². The third-order valence-corrected chi connectivity index (χ3v) is 7.83. The molecule has 0 saturated carbocycles. The number of halogens is 8. The van der Waals surface area contributed by atoms with Crippen molar-refractivity contribution in [3.05, 3.63) is 61.7 Å². The quantitative estimate of drug-likeness (QED) is 0.285. The first-order valence-electron chi connectivity index (χ1n) is 10.3. The molecule has 0 heterocycles. The van der Waals surface area contributed by atoms with Crippen molar-refractivity contribution in [2.75, 3.05) is 17.3 Å². The Morgan fingerprint density at radius 1 is 1.00 bits per heavy atom. The molecule has 37 heavy (non-hydrogen) atoms. The summed E-state index contributed by atoms with van der Waals surface area (Å²) in [4.78, 5) is 25.2. The number of alkyl halides is 7. The third kappa shape index (κ3) is 6.10. The van der Waals surface area contributed by atoms with Gasteiger partial charge >= 0.3 is 18.0 Å². The van der Waals surface area contributed by atoms with Crippen molar-refractivity contribution >= 4 is 50.9 Å². The van der Waals surface area contributed by atoms with Crippen LogP contribution in [0.5, 0.6) is 0 Å². The van der Waals surface area contributed by atoms with E-state index in [1.54, 1.807) is 42.5 Å².